The van der Waals surface area contributed by atoms with Gasteiger partial charge in [-0.1, -0.05) is 6.07 Å². The van der Waals surface area contributed by atoms with Crippen LogP contribution in [0.4, 0.5) is 0 Å². The van der Waals surface area contributed by atoms with E-state index in [0.717, 1.165) is 29.8 Å². The zero-order valence-electron chi connectivity index (χ0n) is 12.1. The van der Waals surface area contributed by atoms with Crippen molar-refractivity contribution in [3.8, 4) is 0 Å². The van der Waals surface area contributed by atoms with Crippen LogP contribution in [0.2, 0.25) is 0 Å². The van der Waals surface area contributed by atoms with Crippen LogP contribution >= 0.6 is 22.7 Å². The SMILES string of the molecule is CCNC(=NCc1cccs1)NCc1sc(C)nc1C. The molecule has 20 heavy (non-hydrogen) atoms. The number of aromatic nitrogens is 1. The molecule has 108 valence electrons. The summed E-state index contributed by atoms with van der Waals surface area (Å²) >= 11 is 3.47. The lowest BCUT2D eigenvalue weighted by atomic mass is 10.4. The Kier molecular flexibility index (Phi) is 5.55. The van der Waals surface area contributed by atoms with Crippen LogP contribution in [0.3, 0.4) is 0 Å². The van der Waals surface area contributed by atoms with E-state index in [1.807, 2.05) is 6.92 Å². The highest BCUT2D eigenvalue weighted by molar-refractivity contribution is 7.11. The van der Waals surface area contributed by atoms with E-state index < -0.39 is 0 Å². The van der Waals surface area contributed by atoms with Crippen LogP contribution in [0, 0.1) is 13.8 Å². The molecule has 0 radical (unpaired) electrons. The second-order valence-corrected chi connectivity index (χ2v) is 6.69. The van der Waals surface area contributed by atoms with Gasteiger partial charge in [-0.2, -0.15) is 0 Å². The van der Waals surface area contributed by atoms with E-state index in [4.69, 9.17) is 0 Å². The average molecular weight is 308 g/mol. The molecule has 2 heterocycles. The van der Waals surface area contributed by atoms with Crippen LogP contribution in [0.25, 0.3) is 0 Å². The van der Waals surface area contributed by atoms with Gasteiger partial charge in [-0.05, 0) is 32.2 Å². The molecule has 0 saturated heterocycles. The summed E-state index contributed by atoms with van der Waals surface area (Å²) in [6, 6.07) is 4.16. The summed E-state index contributed by atoms with van der Waals surface area (Å²) in [7, 11) is 0. The zero-order chi connectivity index (χ0) is 14.4. The van der Waals surface area contributed by atoms with Crippen molar-refractivity contribution < 1.29 is 0 Å². The minimum atomic E-state index is 0.716. The molecule has 0 fully saturated rings. The number of nitrogens with one attached hydrogen (secondary N) is 2. The van der Waals surface area contributed by atoms with E-state index in [-0.39, 0.29) is 0 Å². The number of hydrogen-bond donors (Lipinski definition) is 2. The van der Waals surface area contributed by atoms with Gasteiger partial charge >= 0.3 is 0 Å². The lowest BCUT2D eigenvalue weighted by molar-refractivity contribution is 0.820. The third kappa shape index (κ3) is 4.31. The topological polar surface area (TPSA) is 49.3 Å². The van der Waals surface area contributed by atoms with E-state index in [0.29, 0.717) is 6.54 Å². The molecule has 0 aliphatic heterocycles. The van der Waals surface area contributed by atoms with Crippen molar-refractivity contribution in [2.24, 2.45) is 4.99 Å². The molecule has 0 bridgehead atoms. The molecule has 0 aliphatic carbocycles. The Morgan fingerprint density at radius 3 is 2.80 bits per heavy atom. The van der Waals surface area contributed by atoms with Gasteiger partial charge in [-0.15, -0.1) is 22.7 Å². The maximum Gasteiger partial charge on any atom is 0.191 e. The van der Waals surface area contributed by atoms with Crippen LogP contribution in [0.15, 0.2) is 22.5 Å². The van der Waals surface area contributed by atoms with Crippen LogP contribution in [-0.4, -0.2) is 17.5 Å². The highest BCUT2D eigenvalue weighted by Crippen LogP contribution is 2.16. The summed E-state index contributed by atoms with van der Waals surface area (Å²) in [5.74, 6) is 0.853. The second-order valence-electron chi connectivity index (χ2n) is 4.37. The maximum atomic E-state index is 4.60. The van der Waals surface area contributed by atoms with Crippen molar-refractivity contribution >= 4 is 28.6 Å². The van der Waals surface area contributed by atoms with E-state index >= 15 is 0 Å². The molecular formula is C14H20N4S2. The fourth-order valence-corrected chi connectivity index (χ4v) is 3.31. The number of aryl methyl sites for hydroxylation is 2. The summed E-state index contributed by atoms with van der Waals surface area (Å²) in [6.45, 7) is 8.51. The van der Waals surface area contributed by atoms with Gasteiger partial charge in [0.25, 0.3) is 0 Å². The Morgan fingerprint density at radius 1 is 1.35 bits per heavy atom. The first-order valence-electron chi connectivity index (χ1n) is 6.66. The third-order valence-corrected chi connectivity index (χ3v) is 4.67. The molecule has 2 aromatic heterocycles. The van der Waals surface area contributed by atoms with E-state index in [2.05, 4.69) is 52.0 Å². The van der Waals surface area contributed by atoms with Crippen LogP contribution < -0.4 is 10.6 Å². The molecule has 0 spiro atoms. The molecule has 2 aromatic rings. The molecular weight excluding hydrogens is 288 g/mol. The summed E-state index contributed by atoms with van der Waals surface area (Å²) in [6.07, 6.45) is 0. The standard InChI is InChI=1S/C14H20N4S2/c1-4-15-14(16-8-12-6-5-7-19-12)17-9-13-10(2)18-11(3)20-13/h5-7H,4,8-9H2,1-3H3,(H2,15,16,17). The van der Waals surface area contributed by atoms with Gasteiger partial charge in [0.05, 0.1) is 23.8 Å². The van der Waals surface area contributed by atoms with Crippen molar-refractivity contribution in [3.63, 3.8) is 0 Å². The number of nitrogens with zero attached hydrogens (tertiary/aromatic N) is 2. The Morgan fingerprint density at radius 2 is 2.20 bits per heavy atom. The Hall–Kier alpha value is -1.40. The molecule has 0 saturated carbocycles. The van der Waals surface area contributed by atoms with Gasteiger partial charge in [0.1, 0.15) is 0 Å². The quantitative estimate of drug-likeness (QED) is 0.659. The lowest BCUT2D eigenvalue weighted by Gasteiger charge is -2.10. The fraction of sp³-hybridized carbons (Fsp3) is 0.429. The maximum absolute atomic E-state index is 4.60. The Bertz CT molecular complexity index is 558. The highest BCUT2D eigenvalue weighted by atomic mass is 32.1. The molecule has 0 aliphatic rings. The van der Waals surface area contributed by atoms with E-state index in [9.17, 15) is 0 Å². The third-order valence-electron chi connectivity index (χ3n) is 2.73. The van der Waals surface area contributed by atoms with Crippen molar-refractivity contribution in [3.05, 3.63) is 38.0 Å². The summed E-state index contributed by atoms with van der Waals surface area (Å²) in [5, 5.41) is 9.83. The first-order chi connectivity index (χ1) is 9.69. The predicted molar refractivity (Wildman–Crippen MR) is 87.6 cm³/mol. The van der Waals surface area contributed by atoms with Gasteiger partial charge in [0, 0.05) is 16.3 Å². The molecule has 0 atom stereocenters. The van der Waals surface area contributed by atoms with Crippen LogP contribution in [-0.2, 0) is 13.1 Å². The van der Waals surface area contributed by atoms with Gasteiger partial charge in [-0.3, -0.25) is 0 Å². The largest absolute Gasteiger partial charge is 0.357 e. The van der Waals surface area contributed by atoms with Crippen molar-refractivity contribution in [1.29, 1.82) is 0 Å². The minimum absolute atomic E-state index is 0.716. The molecule has 0 aromatic carbocycles. The van der Waals surface area contributed by atoms with Crippen molar-refractivity contribution in [2.75, 3.05) is 6.54 Å². The molecule has 0 amide bonds. The fourth-order valence-electron chi connectivity index (χ4n) is 1.80. The predicted octanol–water partition coefficient (Wildman–Crippen LogP) is 3.08. The molecule has 4 nitrogen and oxygen atoms in total. The molecule has 2 N–H and O–H groups in total. The van der Waals surface area contributed by atoms with Gasteiger partial charge < -0.3 is 10.6 Å². The zero-order valence-corrected chi connectivity index (χ0v) is 13.7. The number of hydrogen-bond acceptors (Lipinski definition) is 4. The lowest BCUT2D eigenvalue weighted by Crippen LogP contribution is -2.36. The van der Waals surface area contributed by atoms with Gasteiger partial charge in [-0.25, -0.2) is 9.98 Å². The van der Waals surface area contributed by atoms with Crippen LogP contribution in [0.5, 0.6) is 0 Å². The summed E-state index contributed by atoms with van der Waals surface area (Å²) < 4.78 is 0. The average Bonchev–Trinajstić information content (AvgIpc) is 3.03. The number of thiazole rings is 1. The van der Waals surface area contributed by atoms with E-state index in [1.54, 1.807) is 22.7 Å². The van der Waals surface area contributed by atoms with Crippen molar-refractivity contribution in [1.82, 2.24) is 15.6 Å². The monoisotopic (exact) mass is 308 g/mol. The first-order valence-corrected chi connectivity index (χ1v) is 8.36. The van der Waals surface area contributed by atoms with Gasteiger partial charge in [0.15, 0.2) is 5.96 Å². The number of thiophene rings is 1. The van der Waals surface area contributed by atoms with Crippen molar-refractivity contribution in [2.45, 2.75) is 33.9 Å². The van der Waals surface area contributed by atoms with E-state index in [1.165, 1.54) is 9.75 Å². The second kappa shape index (κ2) is 7.40. The normalized spacial score (nSPS) is 11.7. The highest BCUT2D eigenvalue weighted by Gasteiger charge is 2.05. The number of rotatable bonds is 5. The summed E-state index contributed by atoms with van der Waals surface area (Å²) in [4.78, 5) is 11.6. The molecule has 6 heteroatoms. The van der Waals surface area contributed by atoms with Crippen LogP contribution in [0.1, 0.15) is 27.4 Å². The smallest absolute Gasteiger partial charge is 0.191 e. The number of aliphatic imine (C=N–C) groups is 1. The Labute approximate surface area is 128 Å². The summed E-state index contributed by atoms with van der Waals surface area (Å²) in [5.41, 5.74) is 1.11. The first kappa shape index (κ1) is 15.0. The minimum Gasteiger partial charge on any atom is -0.357 e. The molecule has 2 rings (SSSR count). The molecule has 0 unspecified atom stereocenters. The van der Waals surface area contributed by atoms with Gasteiger partial charge in [0.2, 0.25) is 0 Å². The number of guanidine groups is 1. The Balaban J connectivity index is 1.95.